The Kier molecular flexibility index (Phi) is 3.62. The molecule has 4 nitrogen and oxygen atoms in total. The Hall–Kier alpha value is -1.81. The van der Waals surface area contributed by atoms with Crippen LogP contribution in [0.25, 0.3) is 0 Å². The van der Waals surface area contributed by atoms with Gasteiger partial charge in [-0.1, -0.05) is 29.8 Å². The molecule has 2 N–H and O–H groups in total. The monoisotopic (exact) mass is 296 g/mol. The molecule has 0 unspecified atom stereocenters. The Balaban J connectivity index is 1.40. The Morgan fingerprint density at radius 1 is 1.27 bits per heavy atom. The van der Waals surface area contributed by atoms with Crippen LogP contribution in [-0.2, 0) is 6.54 Å². The molecule has 2 aromatic rings. The van der Waals surface area contributed by atoms with E-state index < -0.39 is 0 Å². The van der Waals surface area contributed by atoms with Crippen LogP contribution >= 0.6 is 0 Å². The van der Waals surface area contributed by atoms with Crippen molar-refractivity contribution in [1.29, 1.82) is 0 Å². The van der Waals surface area contributed by atoms with Crippen LogP contribution in [0.2, 0.25) is 0 Å². The molecule has 116 valence electrons. The first-order chi connectivity index (χ1) is 10.8. The third-order valence-corrected chi connectivity index (χ3v) is 4.88. The van der Waals surface area contributed by atoms with Gasteiger partial charge in [0.2, 0.25) is 0 Å². The van der Waals surface area contributed by atoms with Crippen molar-refractivity contribution in [2.45, 2.75) is 32.4 Å². The summed E-state index contributed by atoms with van der Waals surface area (Å²) >= 11 is 0. The van der Waals surface area contributed by atoms with Gasteiger partial charge in [-0.25, -0.2) is 4.68 Å². The van der Waals surface area contributed by atoms with Crippen molar-refractivity contribution in [2.75, 3.05) is 18.4 Å². The molecule has 1 aromatic heterocycles. The van der Waals surface area contributed by atoms with Gasteiger partial charge < -0.3 is 10.6 Å². The largest absolute Gasteiger partial charge is 0.370 e. The second-order valence-electron chi connectivity index (χ2n) is 6.78. The van der Waals surface area contributed by atoms with E-state index in [9.17, 15) is 0 Å². The lowest BCUT2D eigenvalue weighted by Gasteiger charge is -2.28. The maximum Gasteiger partial charge on any atom is 0.124 e. The zero-order valence-electron chi connectivity index (χ0n) is 13.1. The van der Waals surface area contributed by atoms with Crippen molar-refractivity contribution in [3.63, 3.8) is 0 Å². The summed E-state index contributed by atoms with van der Waals surface area (Å²) in [5, 5.41) is 11.7. The fraction of sp³-hybridized carbons (Fsp3) is 0.500. The molecule has 0 saturated heterocycles. The van der Waals surface area contributed by atoms with Crippen LogP contribution in [0.5, 0.6) is 0 Å². The summed E-state index contributed by atoms with van der Waals surface area (Å²) in [6, 6.07) is 11.6. The summed E-state index contributed by atoms with van der Waals surface area (Å²) in [5.74, 6) is 2.56. The molecule has 1 aromatic carbocycles. The van der Waals surface area contributed by atoms with Gasteiger partial charge in [0.05, 0.1) is 6.20 Å². The molecule has 2 atom stereocenters. The third kappa shape index (κ3) is 2.88. The smallest absolute Gasteiger partial charge is 0.124 e. The lowest BCUT2D eigenvalue weighted by Crippen LogP contribution is -2.37. The number of anilines is 1. The molecule has 4 heteroatoms. The molecular formula is C18H24N4. The maximum atomic E-state index is 4.38. The lowest BCUT2D eigenvalue weighted by atomic mass is 9.99. The molecule has 0 radical (unpaired) electrons. The summed E-state index contributed by atoms with van der Waals surface area (Å²) in [4.78, 5) is 0. The molecule has 0 bridgehead atoms. The highest BCUT2D eigenvalue weighted by molar-refractivity contribution is 5.35. The van der Waals surface area contributed by atoms with E-state index in [4.69, 9.17) is 0 Å². The van der Waals surface area contributed by atoms with Crippen molar-refractivity contribution in [1.82, 2.24) is 15.1 Å². The zero-order valence-corrected chi connectivity index (χ0v) is 13.1. The molecule has 0 spiro atoms. The quantitative estimate of drug-likeness (QED) is 0.891. The van der Waals surface area contributed by atoms with E-state index in [1.165, 1.54) is 24.0 Å². The number of rotatable bonds is 5. The summed E-state index contributed by atoms with van der Waals surface area (Å²) < 4.78 is 2.08. The molecule has 2 heterocycles. The topological polar surface area (TPSA) is 41.9 Å². The number of aromatic nitrogens is 2. The minimum Gasteiger partial charge on any atom is -0.370 e. The van der Waals surface area contributed by atoms with E-state index in [2.05, 4.69) is 51.6 Å². The van der Waals surface area contributed by atoms with Crippen molar-refractivity contribution >= 4 is 5.82 Å². The number of fused-ring (bicyclic) bond motifs is 1. The van der Waals surface area contributed by atoms with Crippen LogP contribution in [-0.4, -0.2) is 22.9 Å². The van der Waals surface area contributed by atoms with Gasteiger partial charge in [0.25, 0.3) is 0 Å². The lowest BCUT2D eigenvalue weighted by molar-refractivity contribution is 0.358. The van der Waals surface area contributed by atoms with Crippen LogP contribution in [0.3, 0.4) is 0 Å². The molecule has 0 amide bonds. The molecule has 1 aliphatic heterocycles. The van der Waals surface area contributed by atoms with Gasteiger partial charge in [-0.15, -0.1) is 0 Å². The van der Waals surface area contributed by atoms with E-state index in [1.54, 1.807) is 0 Å². The highest BCUT2D eigenvalue weighted by Gasteiger charge is 2.32. The number of nitrogens with one attached hydrogen (secondary N) is 2. The minimum atomic E-state index is 0.514. The molecule has 2 aliphatic rings. The molecule has 4 rings (SSSR count). The van der Waals surface area contributed by atoms with Gasteiger partial charge in [-0.2, -0.15) is 5.10 Å². The Labute approximate surface area is 131 Å². The molecule has 1 aliphatic carbocycles. The highest BCUT2D eigenvalue weighted by Crippen LogP contribution is 2.41. The van der Waals surface area contributed by atoms with Crippen LogP contribution < -0.4 is 10.6 Å². The second-order valence-corrected chi connectivity index (χ2v) is 6.78. The van der Waals surface area contributed by atoms with E-state index in [0.29, 0.717) is 12.0 Å². The summed E-state index contributed by atoms with van der Waals surface area (Å²) in [6.45, 7) is 5.23. The van der Waals surface area contributed by atoms with Crippen LogP contribution in [0.15, 0.2) is 36.5 Å². The van der Waals surface area contributed by atoms with E-state index in [0.717, 1.165) is 31.4 Å². The first-order valence-electron chi connectivity index (χ1n) is 8.35. The van der Waals surface area contributed by atoms with Crippen LogP contribution in [0, 0.1) is 18.8 Å². The SMILES string of the molecule is Cc1ccc([C@H](NC[C@H]2CNc3ccnn3C2)C2CC2)cc1. The fourth-order valence-electron chi connectivity index (χ4n) is 3.38. The fourth-order valence-corrected chi connectivity index (χ4v) is 3.38. The zero-order chi connectivity index (χ0) is 14.9. The molecule has 22 heavy (non-hydrogen) atoms. The molecule has 1 saturated carbocycles. The standard InChI is InChI=1S/C18H24N4/c1-13-2-4-15(5-3-13)18(16-6-7-16)20-11-14-10-19-17-8-9-21-22(17)12-14/h2-5,8-9,14,16,18-20H,6-7,10-12H2,1H3/t14-,18+/m1/s1. The maximum absolute atomic E-state index is 4.38. The third-order valence-electron chi connectivity index (χ3n) is 4.88. The van der Waals surface area contributed by atoms with Crippen molar-refractivity contribution in [3.05, 3.63) is 47.7 Å². The number of nitrogens with zero attached hydrogens (tertiary/aromatic N) is 2. The van der Waals surface area contributed by atoms with E-state index in [-0.39, 0.29) is 0 Å². The van der Waals surface area contributed by atoms with Gasteiger partial charge in [-0.3, -0.25) is 0 Å². The Morgan fingerprint density at radius 2 is 2.09 bits per heavy atom. The van der Waals surface area contributed by atoms with Gasteiger partial charge in [-0.05, 0) is 31.2 Å². The van der Waals surface area contributed by atoms with Crippen molar-refractivity contribution < 1.29 is 0 Å². The Bertz CT molecular complexity index is 627. The van der Waals surface area contributed by atoms with Gasteiger partial charge in [0, 0.05) is 37.7 Å². The summed E-state index contributed by atoms with van der Waals surface area (Å²) in [7, 11) is 0. The molecule has 1 fully saturated rings. The van der Waals surface area contributed by atoms with Crippen LogP contribution in [0.1, 0.15) is 30.0 Å². The van der Waals surface area contributed by atoms with E-state index in [1.807, 2.05) is 12.3 Å². The predicted octanol–water partition coefficient (Wildman–Crippen LogP) is 2.97. The summed E-state index contributed by atoms with van der Waals surface area (Å²) in [5.41, 5.74) is 2.78. The molecular weight excluding hydrogens is 272 g/mol. The average molecular weight is 296 g/mol. The number of hydrogen-bond donors (Lipinski definition) is 2. The first kappa shape index (κ1) is 13.8. The van der Waals surface area contributed by atoms with Crippen LogP contribution in [0.4, 0.5) is 5.82 Å². The first-order valence-corrected chi connectivity index (χ1v) is 8.35. The number of benzene rings is 1. The predicted molar refractivity (Wildman–Crippen MR) is 88.9 cm³/mol. The second kappa shape index (κ2) is 5.76. The van der Waals surface area contributed by atoms with E-state index >= 15 is 0 Å². The summed E-state index contributed by atoms with van der Waals surface area (Å²) in [6.07, 6.45) is 4.59. The van der Waals surface area contributed by atoms with Gasteiger partial charge >= 0.3 is 0 Å². The Morgan fingerprint density at radius 3 is 2.86 bits per heavy atom. The number of aryl methyl sites for hydroxylation is 1. The van der Waals surface area contributed by atoms with Gasteiger partial charge in [0.15, 0.2) is 0 Å². The average Bonchev–Trinajstić information content (AvgIpc) is 3.26. The minimum absolute atomic E-state index is 0.514. The van der Waals surface area contributed by atoms with Gasteiger partial charge in [0.1, 0.15) is 5.82 Å². The van der Waals surface area contributed by atoms with Crippen molar-refractivity contribution in [2.24, 2.45) is 11.8 Å². The number of hydrogen-bond acceptors (Lipinski definition) is 3. The normalized spacial score (nSPS) is 22.0. The van der Waals surface area contributed by atoms with Crippen molar-refractivity contribution in [3.8, 4) is 0 Å². The highest BCUT2D eigenvalue weighted by atomic mass is 15.3.